The Labute approximate surface area is 83.0 Å². The van der Waals surface area contributed by atoms with E-state index in [1.807, 2.05) is 0 Å². The summed E-state index contributed by atoms with van der Waals surface area (Å²) in [6.07, 6.45) is -0.700. The van der Waals surface area contributed by atoms with Crippen LogP contribution in [-0.2, 0) is 19.1 Å². The first-order chi connectivity index (χ1) is 6.40. The Kier molecular flexibility index (Phi) is 4.83. The van der Waals surface area contributed by atoms with Crippen molar-refractivity contribution in [1.82, 2.24) is 4.90 Å². The summed E-state index contributed by atoms with van der Waals surface area (Å²) in [5.41, 5.74) is 0. The second-order valence-electron chi connectivity index (χ2n) is 2.86. The molecule has 0 aromatic carbocycles. The van der Waals surface area contributed by atoms with Crippen LogP contribution in [0.4, 0.5) is 0 Å². The van der Waals surface area contributed by atoms with Crippen LogP contribution in [-0.4, -0.2) is 35.3 Å². The van der Waals surface area contributed by atoms with Gasteiger partial charge in [-0.2, -0.15) is 0 Å². The molecule has 1 atom stereocenters. The zero-order chi connectivity index (χ0) is 11.3. The lowest BCUT2D eigenvalue weighted by atomic mass is 10.3. The quantitative estimate of drug-likeness (QED) is 0.373. The highest BCUT2D eigenvalue weighted by atomic mass is 16.6. The van der Waals surface area contributed by atoms with Gasteiger partial charge in [0.2, 0.25) is 5.78 Å². The molecule has 0 rings (SSSR count). The molecule has 0 heterocycles. The predicted octanol–water partition coefficient (Wildman–Crippen LogP) is 0.333. The van der Waals surface area contributed by atoms with Crippen LogP contribution < -0.4 is 0 Å². The molecule has 0 fully saturated rings. The lowest BCUT2D eigenvalue weighted by molar-refractivity contribution is -0.163. The predicted molar refractivity (Wildman–Crippen MR) is 49.3 cm³/mol. The molecule has 0 saturated carbocycles. The van der Waals surface area contributed by atoms with Crippen molar-refractivity contribution in [3.63, 3.8) is 0 Å². The minimum Gasteiger partial charge on any atom is -0.442 e. The number of carbonyl (C=O) groups is 3. The number of rotatable bonds is 4. The summed E-state index contributed by atoms with van der Waals surface area (Å²) in [6.45, 7) is 6.02. The molecule has 14 heavy (non-hydrogen) atoms. The van der Waals surface area contributed by atoms with Crippen LogP contribution in [0.3, 0.4) is 0 Å². The number of likely N-dealkylation sites (N-methyl/N-ethyl adjacent to an activating group) is 1. The standard InChI is InChI=1S/C9H15NO4/c1-5-10(9(13)6(2)11)7(3)14-8(4)12/h7H,5H2,1-4H3. The number of esters is 1. The van der Waals surface area contributed by atoms with Crippen molar-refractivity contribution in [2.75, 3.05) is 6.54 Å². The normalized spacial score (nSPS) is 11.7. The number of nitrogens with zero attached hydrogens (tertiary/aromatic N) is 1. The minimum absolute atomic E-state index is 0.326. The van der Waals surface area contributed by atoms with Crippen LogP contribution in [0, 0.1) is 0 Å². The van der Waals surface area contributed by atoms with Crippen molar-refractivity contribution in [3.05, 3.63) is 0 Å². The van der Waals surface area contributed by atoms with Crippen molar-refractivity contribution in [3.8, 4) is 0 Å². The highest BCUT2D eigenvalue weighted by molar-refractivity contribution is 6.35. The number of ether oxygens (including phenoxy) is 1. The van der Waals surface area contributed by atoms with E-state index >= 15 is 0 Å². The summed E-state index contributed by atoms with van der Waals surface area (Å²) < 4.78 is 4.79. The molecule has 5 nitrogen and oxygen atoms in total. The van der Waals surface area contributed by atoms with E-state index in [0.717, 1.165) is 0 Å². The molecule has 0 aromatic rings. The van der Waals surface area contributed by atoms with Gasteiger partial charge in [0.25, 0.3) is 5.91 Å². The second-order valence-corrected chi connectivity index (χ2v) is 2.86. The van der Waals surface area contributed by atoms with Crippen LogP contribution in [0.5, 0.6) is 0 Å². The Morgan fingerprint density at radius 2 is 1.79 bits per heavy atom. The molecule has 0 aromatic heterocycles. The van der Waals surface area contributed by atoms with Gasteiger partial charge in [-0.15, -0.1) is 0 Å². The molecular weight excluding hydrogens is 186 g/mol. The van der Waals surface area contributed by atoms with E-state index in [0.29, 0.717) is 6.54 Å². The Balaban J connectivity index is 4.47. The summed E-state index contributed by atoms with van der Waals surface area (Å²) in [4.78, 5) is 33.9. The van der Waals surface area contributed by atoms with Crippen molar-refractivity contribution < 1.29 is 19.1 Å². The molecule has 1 amide bonds. The summed E-state index contributed by atoms with van der Waals surface area (Å²) >= 11 is 0. The van der Waals surface area contributed by atoms with Crippen molar-refractivity contribution >= 4 is 17.7 Å². The smallest absolute Gasteiger partial charge is 0.304 e. The van der Waals surface area contributed by atoms with E-state index in [4.69, 9.17) is 4.74 Å². The average Bonchev–Trinajstić information content (AvgIpc) is 2.03. The molecule has 80 valence electrons. The maximum Gasteiger partial charge on any atom is 0.304 e. The van der Waals surface area contributed by atoms with Gasteiger partial charge in [0.05, 0.1) is 0 Å². The first kappa shape index (κ1) is 12.6. The Morgan fingerprint density at radius 3 is 2.07 bits per heavy atom. The number of hydrogen-bond donors (Lipinski definition) is 0. The van der Waals surface area contributed by atoms with E-state index in [1.165, 1.54) is 18.7 Å². The van der Waals surface area contributed by atoms with Gasteiger partial charge in [0, 0.05) is 20.4 Å². The fraction of sp³-hybridized carbons (Fsp3) is 0.667. The molecule has 0 N–H and O–H groups in total. The Hall–Kier alpha value is -1.39. The molecule has 1 unspecified atom stereocenters. The van der Waals surface area contributed by atoms with Gasteiger partial charge in [-0.3, -0.25) is 14.4 Å². The molecule has 5 heteroatoms. The second kappa shape index (κ2) is 5.36. The lowest BCUT2D eigenvalue weighted by Crippen LogP contribution is -2.43. The van der Waals surface area contributed by atoms with Gasteiger partial charge in [0.1, 0.15) is 0 Å². The van der Waals surface area contributed by atoms with Gasteiger partial charge in [-0.1, -0.05) is 0 Å². The number of hydrogen-bond acceptors (Lipinski definition) is 4. The van der Waals surface area contributed by atoms with Gasteiger partial charge in [-0.25, -0.2) is 0 Å². The fourth-order valence-electron chi connectivity index (χ4n) is 1.07. The molecule has 0 aliphatic heterocycles. The number of carbonyl (C=O) groups excluding carboxylic acids is 3. The molecular formula is C9H15NO4. The molecule has 0 radical (unpaired) electrons. The van der Waals surface area contributed by atoms with Crippen LogP contribution in [0.25, 0.3) is 0 Å². The summed E-state index contributed by atoms with van der Waals surface area (Å²) in [5.74, 6) is -1.68. The molecule has 0 aliphatic rings. The maximum absolute atomic E-state index is 11.3. The SMILES string of the molecule is CCN(C(=O)C(C)=O)C(C)OC(C)=O. The first-order valence-electron chi connectivity index (χ1n) is 4.38. The summed E-state index contributed by atoms with van der Waals surface area (Å²) in [7, 11) is 0. The van der Waals surface area contributed by atoms with Crippen molar-refractivity contribution in [2.24, 2.45) is 0 Å². The van der Waals surface area contributed by atoms with E-state index in [-0.39, 0.29) is 0 Å². The number of Topliss-reactive ketones (excluding diaryl/α,β-unsaturated/α-hetero) is 1. The van der Waals surface area contributed by atoms with Crippen LogP contribution in [0.2, 0.25) is 0 Å². The van der Waals surface area contributed by atoms with Gasteiger partial charge in [-0.05, 0) is 13.8 Å². The monoisotopic (exact) mass is 201 g/mol. The zero-order valence-electron chi connectivity index (χ0n) is 8.86. The Morgan fingerprint density at radius 1 is 1.29 bits per heavy atom. The van der Waals surface area contributed by atoms with E-state index in [2.05, 4.69) is 0 Å². The highest BCUT2D eigenvalue weighted by Crippen LogP contribution is 2.02. The fourth-order valence-corrected chi connectivity index (χ4v) is 1.07. The topological polar surface area (TPSA) is 63.7 Å². The van der Waals surface area contributed by atoms with E-state index < -0.39 is 23.9 Å². The van der Waals surface area contributed by atoms with Crippen LogP contribution >= 0.6 is 0 Å². The van der Waals surface area contributed by atoms with E-state index in [9.17, 15) is 14.4 Å². The maximum atomic E-state index is 11.3. The third kappa shape index (κ3) is 3.55. The minimum atomic E-state index is -0.700. The van der Waals surface area contributed by atoms with Gasteiger partial charge in [0.15, 0.2) is 6.23 Å². The van der Waals surface area contributed by atoms with E-state index in [1.54, 1.807) is 13.8 Å². The number of amides is 1. The lowest BCUT2D eigenvalue weighted by Gasteiger charge is -2.25. The Bertz CT molecular complexity index is 249. The van der Waals surface area contributed by atoms with Crippen LogP contribution in [0.1, 0.15) is 27.7 Å². The van der Waals surface area contributed by atoms with Crippen LogP contribution in [0.15, 0.2) is 0 Å². The first-order valence-corrected chi connectivity index (χ1v) is 4.38. The van der Waals surface area contributed by atoms with Crippen molar-refractivity contribution in [2.45, 2.75) is 33.9 Å². The summed E-state index contributed by atoms with van der Waals surface area (Å²) in [6, 6.07) is 0. The summed E-state index contributed by atoms with van der Waals surface area (Å²) in [5, 5.41) is 0. The van der Waals surface area contributed by atoms with Gasteiger partial charge >= 0.3 is 5.97 Å². The molecule has 0 spiro atoms. The third-order valence-corrected chi connectivity index (χ3v) is 1.68. The van der Waals surface area contributed by atoms with Gasteiger partial charge < -0.3 is 9.64 Å². The largest absolute Gasteiger partial charge is 0.442 e. The molecule has 0 saturated heterocycles. The van der Waals surface area contributed by atoms with Crippen molar-refractivity contribution in [1.29, 1.82) is 0 Å². The third-order valence-electron chi connectivity index (χ3n) is 1.68. The highest BCUT2D eigenvalue weighted by Gasteiger charge is 2.23. The molecule has 0 aliphatic carbocycles. The number of ketones is 1. The molecule has 0 bridgehead atoms. The average molecular weight is 201 g/mol. The zero-order valence-corrected chi connectivity index (χ0v) is 8.86.